The van der Waals surface area contributed by atoms with Crippen molar-refractivity contribution in [3.63, 3.8) is 0 Å². The van der Waals surface area contributed by atoms with Crippen LogP contribution in [0.15, 0.2) is 30.5 Å². The second-order valence-electron chi connectivity index (χ2n) is 4.67. The average Bonchev–Trinajstić information content (AvgIpc) is 3.01. The number of primary amides is 1. The zero-order valence-corrected chi connectivity index (χ0v) is 13.0. The molecule has 3 aromatic rings. The lowest BCUT2D eigenvalue weighted by atomic mass is 10.3. The van der Waals surface area contributed by atoms with E-state index in [0.29, 0.717) is 15.8 Å². The maximum absolute atomic E-state index is 12.3. The molecule has 0 aliphatic heterocycles. The molecule has 22 heavy (non-hydrogen) atoms. The Kier molecular flexibility index (Phi) is 3.59. The molecule has 2 amide bonds. The standard InChI is InChI=1S/C14H11ClN4O2S/c1-19-6-7(12(16)20)4-10(19)13(21)18-14-17-9-5-8(15)2-3-11(9)22-14/h2-6H,1H3,(H2,16,20)(H,17,18,21). The van der Waals surface area contributed by atoms with Crippen molar-refractivity contribution in [2.75, 3.05) is 5.32 Å². The highest BCUT2D eigenvalue weighted by molar-refractivity contribution is 7.22. The fourth-order valence-electron chi connectivity index (χ4n) is 2.04. The van der Waals surface area contributed by atoms with Crippen LogP contribution in [0.4, 0.5) is 5.13 Å². The van der Waals surface area contributed by atoms with Gasteiger partial charge in [0.2, 0.25) is 5.91 Å². The molecular formula is C14H11ClN4O2S. The van der Waals surface area contributed by atoms with Gasteiger partial charge in [-0.2, -0.15) is 0 Å². The SMILES string of the molecule is Cn1cc(C(N)=O)cc1C(=O)Nc1nc2cc(Cl)ccc2s1. The number of nitrogens with two attached hydrogens (primary N) is 1. The van der Waals surface area contributed by atoms with Crippen molar-refractivity contribution in [1.82, 2.24) is 9.55 Å². The maximum atomic E-state index is 12.3. The van der Waals surface area contributed by atoms with Crippen molar-refractivity contribution in [2.24, 2.45) is 12.8 Å². The number of amides is 2. The average molecular weight is 335 g/mol. The molecule has 2 heterocycles. The molecular weight excluding hydrogens is 324 g/mol. The molecule has 6 nitrogen and oxygen atoms in total. The van der Waals surface area contributed by atoms with Gasteiger partial charge in [-0.15, -0.1) is 0 Å². The number of thiazole rings is 1. The first-order valence-corrected chi connectivity index (χ1v) is 7.47. The predicted molar refractivity (Wildman–Crippen MR) is 86.5 cm³/mol. The van der Waals surface area contributed by atoms with Crippen molar-refractivity contribution < 1.29 is 9.59 Å². The number of anilines is 1. The molecule has 0 aliphatic carbocycles. The lowest BCUT2D eigenvalue weighted by molar-refractivity contribution is 0.0998. The maximum Gasteiger partial charge on any atom is 0.274 e. The van der Waals surface area contributed by atoms with Gasteiger partial charge >= 0.3 is 0 Å². The molecule has 0 spiro atoms. The lowest BCUT2D eigenvalue weighted by Crippen LogP contribution is -2.15. The van der Waals surface area contributed by atoms with E-state index in [-0.39, 0.29) is 11.5 Å². The second kappa shape index (κ2) is 5.43. The Labute approximate surface area is 134 Å². The van der Waals surface area contributed by atoms with Gasteiger partial charge in [-0.1, -0.05) is 22.9 Å². The van der Waals surface area contributed by atoms with Crippen LogP contribution in [-0.4, -0.2) is 21.4 Å². The number of nitrogens with zero attached hydrogens (tertiary/aromatic N) is 2. The van der Waals surface area contributed by atoms with Gasteiger partial charge < -0.3 is 10.3 Å². The van der Waals surface area contributed by atoms with Crippen LogP contribution in [0.5, 0.6) is 0 Å². The summed E-state index contributed by atoms with van der Waals surface area (Å²) >= 11 is 7.26. The molecule has 1 aromatic carbocycles. The summed E-state index contributed by atoms with van der Waals surface area (Å²) in [4.78, 5) is 27.7. The van der Waals surface area contributed by atoms with Crippen molar-refractivity contribution in [2.45, 2.75) is 0 Å². The molecule has 0 saturated heterocycles. The Hall–Kier alpha value is -2.38. The highest BCUT2D eigenvalue weighted by Gasteiger charge is 2.16. The second-order valence-corrected chi connectivity index (χ2v) is 6.14. The number of aromatic nitrogens is 2. The van der Waals surface area contributed by atoms with Gasteiger partial charge in [-0.25, -0.2) is 4.98 Å². The summed E-state index contributed by atoms with van der Waals surface area (Å²) in [6, 6.07) is 6.79. The van der Waals surface area contributed by atoms with Crippen LogP contribution in [-0.2, 0) is 7.05 Å². The number of aryl methyl sites for hydroxylation is 1. The topological polar surface area (TPSA) is 90.0 Å². The molecule has 3 rings (SSSR count). The molecule has 112 valence electrons. The fraction of sp³-hybridized carbons (Fsp3) is 0.0714. The van der Waals surface area contributed by atoms with Gasteiger partial charge in [0, 0.05) is 18.3 Å². The van der Waals surface area contributed by atoms with Crippen LogP contribution in [0.25, 0.3) is 10.2 Å². The summed E-state index contributed by atoms with van der Waals surface area (Å²) in [5.41, 5.74) is 6.53. The van der Waals surface area contributed by atoms with Gasteiger partial charge in [-0.05, 0) is 24.3 Å². The number of benzene rings is 1. The number of fused-ring (bicyclic) bond motifs is 1. The van der Waals surface area contributed by atoms with Gasteiger partial charge in [0.05, 0.1) is 15.8 Å². The quantitative estimate of drug-likeness (QED) is 0.771. The third-order valence-corrected chi connectivity index (χ3v) is 4.28. The van der Waals surface area contributed by atoms with Crippen LogP contribution in [0.2, 0.25) is 5.02 Å². The largest absolute Gasteiger partial charge is 0.366 e. The summed E-state index contributed by atoms with van der Waals surface area (Å²) in [6.45, 7) is 0. The Morgan fingerprint density at radius 3 is 2.82 bits per heavy atom. The van der Waals surface area contributed by atoms with E-state index in [1.165, 1.54) is 23.6 Å². The number of nitrogens with one attached hydrogen (secondary N) is 1. The molecule has 0 fully saturated rings. The van der Waals surface area contributed by atoms with E-state index in [2.05, 4.69) is 10.3 Å². The van der Waals surface area contributed by atoms with E-state index in [4.69, 9.17) is 17.3 Å². The smallest absolute Gasteiger partial charge is 0.274 e. The molecule has 0 atom stereocenters. The summed E-state index contributed by atoms with van der Waals surface area (Å²) in [5.74, 6) is -0.940. The number of carbonyl (C=O) groups excluding carboxylic acids is 2. The van der Waals surface area contributed by atoms with E-state index >= 15 is 0 Å². The molecule has 0 unspecified atom stereocenters. The highest BCUT2D eigenvalue weighted by atomic mass is 35.5. The molecule has 0 saturated carbocycles. The van der Waals surface area contributed by atoms with Gasteiger partial charge in [0.15, 0.2) is 5.13 Å². The van der Waals surface area contributed by atoms with Gasteiger partial charge in [0.25, 0.3) is 5.91 Å². The van der Waals surface area contributed by atoms with Crippen molar-refractivity contribution in [1.29, 1.82) is 0 Å². The zero-order chi connectivity index (χ0) is 15.9. The van der Waals surface area contributed by atoms with Crippen LogP contribution in [0.1, 0.15) is 20.8 Å². The third kappa shape index (κ3) is 2.68. The number of hydrogen-bond donors (Lipinski definition) is 2. The molecule has 2 aromatic heterocycles. The minimum Gasteiger partial charge on any atom is -0.366 e. The first-order chi connectivity index (χ1) is 10.4. The first-order valence-electron chi connectivity index (χ1n) is 6.27. The summed E-state index contributed by atoms with van der Waals surface area (Å²) in [7, 11) is 1.67. The monoisotopic (exact) mass is 334 g/mol. The van der Waals surface area contributed by atoms with E-state index in [1.807, 2.05) is 6.07 Å². The van der Waals surface area contributed by atoms with Gasteiger partial charge in [-0.3, -0.25) is 14.9 Å². The molecule has 0 aliphatic rings. The molecule has 3 N–H and O–H groups in total. The summed E-state index contributed by atoms with van der Waals surface area (Å²) in [5, 5.41) is 3.76. The molecule has 8 heteroatoms. The Morgan fingerprint density at radius 2 is 2.14 bits per heavy atom. The van der Waals surface area contributed by atoms with Gasteiger partial charge in [0.1, 0.15) is 5.69 Å². The van der Waals surface area contributed by atoms with Crippen molar-refractivity contribution in [3.8, 4) is 0 Å². The van der Waals surface area contributed by atoms with E-state index < -0.39 is 5.91 Å². The zero-order valence-electron chi connectivity index (χ0n) is 11.5. The van der Waals surface area contributed by atoms with Crippen molar-refractivity contribution >= 4 is 50.1 Å². The summed E-state index contributed by atoms with van der Waals surface area (Å²) < 4.78 is 2.46. The Bertz CT molecular complexity index is 900. The van der Waals surface area contributed by atoms with Crippen LogP contribution in [0, 0.1) is 0 Å². The van der Waals surface area contributed by atoms with Crippen LogP contribution < -0.4 is 11.1 Å². The lowest BCUT2D eigenvalue weighted by Gasteiger charge is -2.02. The Morgan fingerprint density at radius 1 is 1.36 bits per heavy atom. The number of carbonyl (C=O) groups is 2. The van der Waals surface area contributed by atoms with E-state index in [0.717, 1.165) is 10.2 Å². The fourth-order valence-corrected chi connectivity index (χ4v) is 3.05. The predicted octanol–water partition coefficient (Wildman–Crippen LogP) is 2.64. The number of rotatable bonds is 3. The normalized spacial score (nSPS) is 10.8. The van der Waals surface area contributed by atoms with Crippen molar-refractivity contribution in [3.05, 3.63) is 46.7 Å². The minimum atomic E-state index is -0.579. The minimum absolute atomic E-state index is 0.281. The van der Waals surface area contributed by atoms with Crippen LogP contribution >= 0.6 is 22.9 Å². The van der Waals surface area contributed by atoms with E-state index in [1.54, 1.807) is 23.7 Å². The number of hydrogen-bond acceptors (Lipinski definition) is 4. The third-order valence-electron chi connectivity index (χ3n) is 3.09. The molecule has 0 radical (unpaired) electrons. The Balaban J connectivity index is 1.88. The first kappa shape index (κ1) is 14.6. The summed E-state index contributed by atoms with van der Waals surface area (Å²) in [6.07, 6.45) is 1.51. The highest BCUT2D eigenvalue weighted by Crippen LogP contribution is 2.28. The van der Waals surface area contributed by atoms with Crippen LogP contribution in [0.3, 0.4) is 0 Å². The molecule has 0 bridgehead atoms. The number of halogens is 1. The van der Waals surface area contributed by atoms with E-state index in [9.17, 15) is 9.59 Å².